The summed E-state index contributed by atoms with van der Waals surface area (Å²) < 4.78 is 10.8. The van der Waals surface area contributed by atoms with Crippen LogP contribution in [0, 0.1) is 5.92 Å². The van der Waals surface area contributed by atoms with Gasteiger partial charge >= 0.3 is 5.97 Å². The molecule has 0 spiro atoms. The number of likely N-dealkylation sites (tertiary alicyclic amines) is 1. The molecular weight excluding hydrogens is 401 g/mol. The van der Waals surface area contributed by atoms with E-state index in [1.165, 1.54) is 0 Å². The molecule has 5 nitrogen and oxygen atoms in total. The standard InChI is InChI=1S/C21H23Cl2NO4/c1-27-18-6-3-14(11-19(18)28-2)20(16-5-4-15(22)12-17(16)23)24-9-7-13(8-10-24)21(25)26/h3-6,11-13,20H,7-10H2,1-2H3,(H,25,26). The molecule has 2 aromatic rings. The fourth-order valence-electron chi connectivity index (χ4n) is 3.74. The van der Waals surface area contributed by atoms with Gasteiger partial charge < -0.3 is 14.6 Å². The highest BCUT2D eigenvalue weighted by molar-refractivity contribution is 6.35. The molecule has 7 heteroatoms. The van der Waals surface area contributed by atoms with E-state index >= 15 is 0 Å². The third kappa shape index (κ3) is 4.37. The van der Waals surface area contributed by atoms with E-state index in [2.05, 4.69) is 4.90 Å². The van der Waals surface area contributed by atoms with Gasteiger partial charge in [-0.15, -0.1) is 0 Å². The number of piperidine rings is 1. The second kappa shape index (κ2) is 9.03. The van der Waals surface area contributed by atoms with E-state index in [0.717, 1.165) is 11.1 Å². The average Bonchev–Trinajstić information content (AvgIpc) is 2.70. The third-order valence-electron chi connectivity index (χ3n) is 5.22. The molecule has 1 unspecified atom stereocenters. The fraction of sp³-hybridized carbons (Fsp3) is 0.381. The van der Waals surface area contributed by atoms with Crippen LogP contribution < -0.4 is 9.47 Å². The van der Waals surface area contributed by atoms with Crippen LogP contribution in [0.15, 0.2) is 36.4 Å². The summed E-state index contributed by atoms with van der Waals surface area (Å²) in [6.07, 6.45) is 1.20. The first-order valence-electron chi connectivity index (χ1n) is 9.08. The van der Waals surface area contributed by atoms with E-state index in [-0.39, 0.29) is 12.0 Å². The zero-order valence-corrected chi connectivity index (χ0v) is 17.3. The minimum Gasteiger partial charge on any atom is -0.493 e. The molecule has 1 saturated heterocycles. The highest BCUT2D eigenvalue weighted by Crippen LogP contribution is 2.39. The van der Waals surface area contributed by atoms with Crippen molar-refractivity contribution >= 4 is 29.2 Å². The summed E-state index contributed by atoms with van der Waals surface area (Å²) in [6.45, 7) is 1.32. The zero-order chi connectivity index (χ0) is 20.3. The van der Waals surface area contributed by atoms with Crippen molar-refractivity contribution in [1.29, 1.82) is 0 Å². The minimum absolute atomic E-state index is 0.140. The van der Waals surface area contributed by atoms with Crippen LogP contribution >= 0.6 is 23.2 Å². The SMILES string of the molecule is COc1ccc(C(c2ccc(Cl)cc2Cl)N2CCC(C(=O)O)CC2)cc1OC. The first kappa shape index (κ1) is 20.8. The molecular formula is C21H23Cl2NO4. The van der Waals surface area contributed by atoms with Gasteiger partial charge in [0, 0.05) is 10.0 Å². The van der Waals surface area contributed by atoms with E-state index in [1.54, 1.807) is 20.3 Å². The van der Waals surface area contributed by atoms with Crippen LogP contribution in [0.4, 0.5) is 0 Å². The number of halogens is 2. The Morgan fingerprint density at radius 3 is 2.32 bits per heavy atom. The Bertz CT molecular complexity index is 850. The van der Waals surface area contributed by atoms with Crippen molar-refractivity contribution in [3.63, 3.8) is 0 Å². The topological polar surface area (TPSA) is 59.0 Å². The molecule has 1 heterocycles. The van der Waals surface area contributed by atoms with E-state index in [1.807, 2.05) is 30.3 Å². The molecule has 28 heavy (non-hydrogen) atoms. The Balaban J connectivity index is 2.01. The van der Waals surface area contributed by atoms with Crippen LogP contribution in [0.25, 0.3) is 0 Å². The highest BCUT2D eigenvalue weighted by atomic mass is 35.5. The monoisotopic (exact) mass is 423 g/mol. The number of ether oxygens (including phenoxy) is 2. The maximum Gasteiger partial charge on any atom is 0.306 e. The number of carboxylic acids is 1. The van der Waals surface area contributed by atoms with Gasteiger partial charge in [-0.2, -0.15) is 0 Å². The molecule has 3 rings (SSSR count). The van der Waals surface area contributed by atoms with Gasteiger partial charge in [-0.25, -0.2) is 0 Å². The lowest BCUT2D eigenvalue weighted by Gasteiger charge is -2.37. The Labute approximate surface area is 174 Å². The number of carbonyl (C=O) groups is 1. The van der Waals surface area contributed by atoms with Crippen molar-refractivity contribution in [2.24, 2.45) is 5.92 Å². The molecule has 1 fully saturated rings. The van der Waals surface area contributed by atoms with Crippen LogP contribution in [0.1, 0.15) is 30.0 Å². The Morgan fingerprint density at radius 2 is 1.75 bits per heavy atom. The van der Waals surface area contributed by atoms with Crippen molar-refractivity contribution in [1.82, 2.24) is 4.90 Å². The van der Waals surface area contributed by atoms with Crippen LogP contribution in [-0.2, 0) is 4.79 Å². The minimum atomic E-state index is -0.730. The third-order valence-corrected chi connectivity index (χ3v) is 5.79. The molecule has 1 atom stereocenters. The van der Waals surface area contributed by atoms with Crippen molar-refractivity contribution < 1.29 is 19.4 Å². The van der Waals surface area contributed by atoms with Crippen LogP contribution in [0.3, 0.4) is 0 Å². The summed E-state index contributed by atoms with van der Waals surface area (Å²) in [7, 11) is 3.20. The quantitative estimate of drug-likeness (QED) is 0.715. The number of rotatable bonds is 6. The fourth-order valence-corrected chi connectivity index (χ4v) is 4.25. The van der Waals surface area contributed by atoms with Crippen LogP contribution in [0.5, 0.6) is 11.5 Å². The van der Waals surface area contributed by atoms with Gasteiger partial charge in [-0.3, -0.25) is 9.69 Å². The van der Waals surface area contributed by atoms with Gasteiger partial charge in [0.2, 0.25) is 0 Å². The summed E-state index contributed by atoms with van der Waals surface area (Å²) >= 11 is 12.6. The Hall–Kier alpha value is -1.95. The maximum absolute atomic E-state index is 11.3. The second-order valence-electron chi connectivity index (χ2n) is 6.83. The normalized spacial score (nSPS) is 16.6. The number of benzene rings is 2. The number of methoxy groups -OCH3 is 2. The molecule has 1 aliphatic rings. The van der Waals surface area contributed by atoms with Gasteiger partial charge in [-0.1, -0.05) is 35.3 Å². The van der Waals surface area contributed by atoms with E-state index in [0.29, 0.717) is 47.5 Å². The van der Waals surface area contributed by atoms with Crippen molar-refractivity contribution in [3.05, 3.63) is 57.6 Å². The predicted molar refractivity (Wildman–Crippen MR) is 110 cm³/mol. The second-order valence-corrected chi connectivity index (χ2v) is 7.67. The number of aliphatic carboxylic acids is 1. The zero-order valence-electron chi connectivity index (χ0n) is 15.8. The van der Waals surface area contributed by atoms with E-state index in [9.17, 15) is 9.90 Å². The van der Waals surface area contributed by atoms with E-state index < -0.39 is 5.97 Å². The molecule has 0 bridgehead atoms. The summed E-state index contributed by atoms with van der Waals surface area (Å²) in [5, 5.41) is 10.5. The molecule has 0 aliphatic carbocycles. The maximum atomic E-state index is 11.3. The van der Waals surface area contributed by atoms with Gasteiger partial charge in [0.1, 0.15) is 0 Å². The van der Waals surface area contributed by atoms with Gasteiger partial charge in [-0.05, 0) is 61.3 Å². The van der Waals surface area contributed by atoms with Gasteiger partial charge in [0.15, 0.2) is 11.5 Å². The Morgan fingerprint density at radius 1 is 1.07 bits per heavy atom. The summed E-state index contributed by atoms with van der Waals surface area (Å²) in [4.78, 5) is 13.6. The summed E-state index contributed by atoms with van der Waals surface area (Å²) in [6, 6.07) is 11.1. The summed E-state index contributed by atoms with van der Waals surface area (Å²) in [5.74, 6) is 0.252. The Kier molecular flexibility index (Phi) is 6.70. The molecule has 2 aromatic carbocycles. The molecule has 1 aliphatic heterocycles. The average molecular weight is 424 g/mol. The molecule has 1 N–H and O–H groups in total. The number of hydrogen-bond donors (Lipinski definition) is 1. The molecule has 0 saturated carbocycles. The lowest BCUT2D eigenvalue weighted by Crippen LogP contribution is -2.39. The van der Waals surface area contributed by atoms with Crippen molar-refractivity contribution in [2.75, 3.05) is 27.3 Å². The first-order valence-corrected chi connectivity index (χ1v) is 9.84. The largest absolute Gasteiger partial charge is 0.493 e. The van der Waals surface area contributed by atoms with Crippen molar-refractivity contribution in [3.8, 4) is 11.5 Å². The lowest BCUT2D eigenvalue weighted by atomic mass is 9.91. The summed E-state index contributed by atoms with van der Waals surface area (Å²) in [5.41, 5.74) is 1.92. The van der Waals surface area contributed by atoms with E-state index in [4.69, 9.17) is 32.7 Å². The number of hydrogen-bond acceptors (Lipinski definition) is 4. The lowest BCUT2D eigenvalue weighted by molar-refractivity contribution is -0.143. The highest BCUT2D eigenvalue weighted by Gasteiger charge is 2.31. The van der Waals surface area contributed by atoms with Crippen LogP contribution in [-0.4, -0.2) is 43.3 Å². The molecule has 0 radical (unpaired) electrons. The van der Waals surface area contributed by atoms with Gasteiger partial charge in [0.05, 0.1) is 26.2 Å². The first-order chi connectivity index (χ1) is 13.4. The van der Waals surface area contributed by atoms with Gasteiger partial charge in [0.25, 0.3) is 0 Å². The number of carboxylic acid groups (broad SMARTS) is 1. The van der Waals surface area contributed by atoms with Crippen molar-refractivity contribution in [2.45, 2.75) is 18.9 Å². The molecule has 0 aromatic heterocycles. The smallest absolute Gasteiger partial charge is 0.306 e. The number of nitrogens with zero attached hydrogens (tertiary/aromatic N) is 1. The van der Waals surface area contributed by atoms with Crippen LogP contribution in [0.2, 0.25) is 10.0 Å². The predicted octanol–water partition coefficient (Wildman–Crippen LogP) is 4.90. The molecule has 0 amide bonds. The molecule has 150 valence electrons.